The number of fused-ring (bicyclic) bond motifs is 2. The lowest BCUT2D eigenvalue weighted by atomic mass is 9.77. The number of methoxy groups -OCH3 is 1. The standard InChI is InChI=1S/C16H14O7/c1-22-15(21)16-9(3-2-4-12(16)19)14(20)13-10(18)5-8(7-17)6-11(13)23-16/h2-6,12,17-19H,7H2,1H3/t12-,16+/m1/s1. The molecule has 1 aliphatic heterocycles. The summed E-state index contributed by atoms with van der Waals surface area (Å²) >= 11 is 0. The second kappa shape index (κ2) is 5.22. The van der Waals surface area contributed by atoms with Crippen LogP contribution in [0.5, 0.6) is 11.5 Å². The molecule has 0 amide bonds. The Balaban J connectivity index is 2.27. The zero-order valence-corrected chi connectivity index (χ0v) is 12.1. The van der Waals surface area contributed by atoms with Gasteiger partial charge in [0.1, 0.15) is 23.2 Å². The maximum absolute atomic E-state index is 12.7. The van der Waals surface area contributed by atoms with E-state index in [2.05, 4.69) is 0 Å². The van der Waals surface area contributed by atoms with Crippen molar-refractivity contribution in [3.05, 3.63) is 47.1 Å². The van der Waals surface area contributed by atoms with Gasteiger partial charge < -0.3 is 24.8 Å². The van der Waals surface area contributed by atoms with Crippen LogP contribution >= 0.6 is 0 Å². The van der Waals surface area contributed by atoms with Crippen LogP contribution in [0.2, 0.25) is 0 Å². The van der Waals surface area contributed by atoms with Crippen LogP contribution in [0.3, 0.4) is 0 Å². The number of aliphatic hydroxyl groups excluding tert-OH is 2. The van der Waals surface area contributed by atoms with Gasteiger partial charge in [0.05, 0.1) is 19.3 Å². The molecule has 1 aromatic rings. The summed E-state index contributed by atoms with van der Waals surface area (Å²) in [4.78, 5) is 25.0. The van der Waals surface area contributed by atoms with Crippen LogP contribution in [0.1, 0.15) is 15.9 Å². The molecule has 120 valence electrons. The van der Waals surface area contributed by atoms with Crippen molar-refractivity contribution in [2.45, 2.75) is 18.3 Å². The topological polar surface area (TPSA) is 113 Å². The van der Waals surface area contributed by atoms with Gasteiger partial charge in [0.25, 0.3) is 5.60 Å². The SMILES string of the molecule is COC(=O)[C@]12Oc3cc(CO)cc(O)c3C(=O)C1=CC=C[C@H]2O. The molecule has 23 heavy (non-hydrogen) atoms. The lowest BCUT2D eigenvalue weighted by Gasteiger charge is -2.40. The van der Waals surface area contributed by atoms with Crippen molar-refractivity contribution in [2.24, 2.45) is 0 Å². The molecule has 7 heteroatoms. The Bertz CT molecular complexity index is 762. The van der Waals surface area contributed by atoms with E-state index in [9.17, 15) is 24.9 Å². The Morgan fingerprint density at radius 3 is 2.83 bits per heavy atom. The molecule has 0 bridgehead atoms. The Hall–Kier alpha value is -2.64. The molecule has 0 saturated carbocycles. The van der Waals surface area contributed by atoms with E-state index in [1.54, 1.807) is 0 Å². The van der Waals surface area contributed by atoms with Gasteiger partial charge in [-0.05, 0) is 17.7 Å². The fourth-order valence-electron chi connectivity index (χ4n) is 2.82. The van der Waals surface area contributed by atoms with Crippen LogP contribution in [0, 0.1) is 0 Å². The van der Waals surface area contributed by atoms with Crippen LogP contribution in [0.15, 0.2) is 35.9 Å². The fourth-order valence-corrected chi connectivity index (χ4v) is 2.82. The van der Waals surface area contributed by atoms with E-state index < -0.39 is 30.1 Å². The summed E-state index contributed by atoms with van der Waals surface area (Å²) in [5.74, 6) is -2.06. The summed E-state index contributed by atoms with van der Waals surface area (Å²) in [7, 11) is 1.12. The molecule has 2 atom stereocenters. The molecule has 2 aliphatic rings. The highest BCUT2D eigenvalue weighted by atomic mass is 16.6. The zero-order valence-electron chi connectivity index (χ0n) is 12.1. The van der Waals surface area contributed by atoms with Gasteiger partial charge in [0.15, 0.2) is 0 Å². The first kappa shape index (κ1) is 15.3. The number of benzene rings is 1. The maximum atomic E-state index is 12.7. The number of carbonyl (C=O) groups is 2. The third kappa shape index (κ3) is 1.97. The molecular weight excluding hydrogens is 304 g/mol. The molecule has 0 spiro atoms. The summed E-state index contributed by atoms with van der Waals surface area (Å²) in [6.45, 7) is -0.394. The third-order valence-corrected chi connectivity index (χ3v) is 3.93. The molecule has 7 nitrogen and oxygen atoms in total. The average molecular weight is 318 g/mol. The number of aromatic hydroxyl groups is 1. The number of Topliss-reactive ketones (excluding diaryl/α,β-unsaturated/α-hetero) is 1. The van der Waals surface area contributed by atoms with Crippen molar-refractivity contribution in [3.63, 3.8) is 0 Å². The summed E-state index contributed by atoms with van der Waals surface area (Å²) < 4.78 is 10.4. The number of ketones is 1. The van der Waals surface area contributed by atoms with Crippen molar-refractivity contribution < 1.29 is 34.4 Å². The molecule has 1 heterocycles. The van der Waals surface area contributed by atoms with Crippen molar-refractivity contribution in [1.29, 1.82) is 0 Å². The number of rotatable bonds is 2. The quantitative estimate of drug-likeness (QED) is 0.669. The molecule has 0 fully saturated rings. The van der Waals surface area contributed by atoms with Gasteiger partial charge in [-0.15, -0.1) is 0 Å². The van der Waals surface area contributed by atoms with E-state index in [4.69, 9.17) is 9.47 Å². The molecule has 1 aliphatic carbocycles. The number of allylic oxidation sites excluding steroid dienone is 2. The van der Waals surface area contributed by atoms with Crippen LogP contribution in [0.4, 0.5) is 0 Å². The molecule has 3 rings (SSSR count). The molecule has 0 unspecified atom stereocenters. The lowest BCUT2D eigenvalue weighted by molar-refractivity contribution is -0.162. The molecular formula is C16H14O7. The Kier molecular flexibility index (Phi) is 3.46. The first-order chi connectivity index (χ1) is 11.0. The van der Waals surface area contributed by atoms with Crippen molar-refractivity contribution in [3.8, 4) is 11.5 Å². The largest absolute Gasteiger partial charge is 0.507 e. The minimum absolute atomic E-state index is 0.101. The van der Waals surface area contributed by atoms with Gasteiger partial charge in [0, 0.05) is 0 Å². The van der Waals surface area contributed by atoms with Gasteiger partial charge in [-0.1, -0.05) is 18.2 Å². The monoisotopic (exact) mass is 318 g/mol. The van der Waals surface area contributed by atoms with Gasteiger partial charge in [-0.25, -0.2) is 4.79 Å². The van der Waals surface area contributed by atoms with Crippen molar-refractivity contribution >= 4 is 11.8 Å². The normalized spacial score (nSPS) is 25.1. The number of ether oxygens (including phenoxy) is 2. The van der Waals surface area contributed by atoms with Gasteiger partial charge in [-0.2, -0.15) is 0 Å². The number of esters is 1. The number of phenolic OH excluding ortho intramolecular Hbond substituents is 1. The Labute approximate surface area is 131 Å². The van der Waals surface area contributed by atoms with E-state index in [0.717, 1.165) is 7.11 Å². The number of carbonyl (C=O) groups excluding carboxylic acids is 2. The Morgan fingerprint density at radius 2 is 2.17 bits per heavy atom. The third-order valence-electron chi connectivity index (χ3n) is 3.93. The highest BCUT2D eigenvalue weighted by Gasteiger charge is 2.58. The van der Waals surface area contributed by atoms with E-state index in [0.29, 0.717) is 5.56 Å². The Morgan fingerprint density at radius 1 is 1.43 bits per heavy atom. The number of hydrogen-bond acceptors (Lipinski definition) is 7. The summed E-state index contributed by atoms with van der Waals surface area (Å²) in [5, 5.41) is 29.5. The lowest BCUT2D eigenvalue weighted by Crippen LogP contribution is -2.60. The number of aliphatic hydroxyl groups is 2. The molecule has 3 N–H and O–H groups in total. The summed E-state index contributed by atoms with van der Waals surface area (Å²) in [6.07, 6.45) is 2.63. The second-order valence-corrected chi connectivity index (χ2v) is 5.21. The second-order valence-electron chi connectivity index (χ2n) is 5.21. The first-order valence-corrected chi connectivity index (χ1v) is 6.81. The first-order valence-electron chi connectivity index (χ1n) is 6.81. The predicted octanol–water partition coefficient (Wildman–Crippen LogP) is 0.228. The van der Waals surface area contributed by atoms with Crippen LogP contribution in [-0.2, 0) is 16.1 Å². The minimum Gasteiger partial charge on any atom is -0.507 e. The minimum atomic E-state index is -2.03. The molecule has 1 aromatic carbocycles. The van der Waals surface area contributed by atoms with Gasteiger partial charge in [-0.3, -0.25) is 4.79 Å². The van der Waals surface area contributed by atoms with Gasteiger partial charge >= 0.3 is 5.97 Å². The van der Waals surface area contributed by atoms with Crippen LogP contribution < -0.4 is 4.74 Å². The van der Waals surface area contributed by atoms with E-state index in [1.807, 2.05) is 0 Å². The zero-order chi connectivity index (χ0) is 16.8. The van der Waals surface area contributed by atoms with Crippen molar-refractivity contribution in [1.82, 2.24) is 0 Å². The van der Waals surface area contributed by atoms with E-state index in [1.165, 1.54) is 30.4 Å². The molecule has 0 saturated heterocycles. The summed E-state index contributed by atoms with van der Waals surface area (Å²) in [5.41, 5.74) is -2.00. The van der Waals surface area contributed by atoms with Gasteiger partial charge in [0.2, 0.25) is 5.78 Å². The predicted molar refractivity (Wildman–Crippen MR) is 77.0 cm³/mol. The number of hydrogen-bond donors (Lipinski definition) is 3. The summed E-state index contributed by atoms with van der Waals surface area (Å²) in [6, 6.07) is 2.57. The average Bonchev–Trinajstić information content (AvgIpc) is 2.54. The molecule has 0 aromatic heterocycles. The smallest absolute Gasteiger partial charge is 0.358 e. The molecule has 0 radical (unpaired) electrons. The highest BCUT2D eigenvalue weighted by Crippen LogP contribution is 2.45. The number of phenols is 1. The fraction of sp³-hybridized carbons (Fsp3) is 0.250. The highest BCUT2D eigenvalue weighted by molar-refractivity contribution is 6.18. The van der Waals surface area contributed by atoms with Crippen molar-refractivity contribution in [2.75, 3.05) is 7.11 Å². The van der Waals surface area contributed by atoms with E-state index in [-0.39, 0.29) is 22.6 Å². The van der Waals surface area contributed by atoms with Crippen LogP contribution in [0.25, 0.3) is 0 Å². The maximum Gasteiger partial charge on any atom is 0.358 e. The van der Waals surface area contributed by atoms with E-state index >= 15 is 0 Å². The van der Waals surface area contributed by atoms with Crippen LogP contribution in [-0.4, -0.2) is 45.9 Å².